The Hall–Kier alpha value is -1.88. The Balaban J connectivity index is 1.64. The van der Waals surface area contributed by atoms with E-state index in [9.17, 15) is 27.9 Å². The van der Waals surface area contributed by atoms with E-state index in [-0.39, 0.29) is 52.2 Å². The molecule has 1 aromatic rings. The summed E-state index contributed by atoms with van der Waals surface area (Å²) < 4.78 is 28.1. The number of hydrogen-bond acceptors (Lipinski definition) is 5. The summed E-state index contributed by atoms with van der Waals surface area (Å²) in [5.41, 5.74) is 0. The van der Waals surface area contributed by atoms with Gasteiger partial charge in [-0.1, -0.05) is 42.5 Å². The third-order valence-corrected chi connectivity index (χ3v) is 9.60. The molecule has 192 valence electrons. The number of carboxylic acids is 1. The Labute approximate surface area is 214 Å². The molecular weight excluding hydrogens is 517 g/mol. The average Bonchev–Trinajstić information content (AvgIpc) is 3.57. The maximum absolute atomic E-state index is 13.6. The summed E-state index contributed by atoms with van der Waals surface area (Å²) in [5, 5.41) is 12.5. The first-order chi connectivity index (χ1) is 16.6. The summed E-state index contributed by atoms with van der Waals surface area (Å²) >= 11 is 12.0. The Morgan fingerprint density at radius 1 is 1.03 bits per heavy atom. The van der Waals surface area contributed by atoms with Gasteiger partial charge in [0.2, 0.25) is 15.9 Å². The molecule has 0 bridgehead atoms. The molecule has 35 heavy (non-hydrogen) atoms. The van der Waals surface area contributed by atoms with Gasteiger partial charge in [0, 0.05) is 25.0 Å². The van der Waals surface area contributed by atoms with E-state index in [1.165, 1.54) is 23.1 Å². The molecule has 9 nitrogen and oxygen atoms in total. The maximum Gasteiger partial charge on any atom is 0.305 e. The van der Waals surface area contributed by atoms with E-state index in [4.69, 9.17) is 23.2 Å². The Kier molecular flexibility index (Phi) is 7.95. The highest BCUT2D eigenvalue weighted by molar-refractivity contribution is 7.89. The topological polar surface area (TPSA) is 124 Å². The van der Waals surface area contributed by atoms with Crippen molar-refractivity contribution in [2.75, 3.05) is 13.1 Å². The number of halogens is 2. The van der Waals surface area contributed by atoms with Crippen molar-refractivity contribution in [2.24, 2.45) is 11.8 Å². The number of sulfonamides is 1. The number of aliphatic carboxylic acids is 1. The zero-order valence-corrected chi connectivity index (χ0v) is 21.5. The van der Waals surface area contributed by atoms with E-state index in [0.29, 0.717) is 12.8 Å². The highest BCUT2D eigenvalue weighted by Crippen LogP contribution is 2.36. The number of carboxylic acid groups (broad SMARTS) is 1. The Morgan fingerprint density at radius 3 is 2.31 bits per heavy atom. The van der Waals surface area contributed by atoms with Crippen LogP contribution in [-0.2, 0) is 24.4 Å². The molecule has 3 aliphatic rings. The summed E-state index contributed by atoms with van der Waals surface area (Å²) in [5.74, 6) is -2.22. The molecule has 4 rings (SSSR count). The van der Waals surface area contributed by atoms with Crippen LogP contribution < -0.4 is 5.32 Å². The number of rotatable bonds is 8. The second kappa shape index (κ2) is 10.6. The minimum Gasteiger partial charge on any atom is -0.481 e. The van der Waals surface area contributed by atoms with Crippen LogP contribution in [0.1, 0.15) is 51.4 Å². The molecule has 2 N–H and O–H groups in total. The number of benzene rings is 1. The summed E-state index contributed by atoms with van der Waals surface area (Å²) in [6.45, 7) is 0.00709. The fraction of sp³-hybridized carbons (Fsp3) is 0.609. The standard InChI is InChI=1S/C23H29Cl2N3O6S/c24-17-9-8-16(12-18(17)25)35(33,34)28-11-10-27(23(32)15-6-7-15)22(28)21(31)26-19(13-20(29)30)14-4-2-1-3-5-14/h8-9,12,14-15,19,22H,1-7,10-11,13H2,(H,26,31)(H,29,30). The summed E-state index contributed by atoms with van der Waals surface area (Å²) in [7, 11) is -4.21. The monoisotopic (exact) mass is 545 g/mol. The van der Waals surface area contributed by atoms with Gasteiger partial charge in [0.05, 0.1) is 21.4 Å². The van der Waals surface area contributed by atoms with Crippen LogP contribution in [0.5, 0.6) is 0 Å². The number of hydrogen-bond donors (Lipinski definition) is 2. The second-order valence-electron chi connectivity index (χ2n) is 9.48. The van der Waals surface area contributed by atoms with E-state index >= 15 is 0 Å². The Morgan fingerprint density at radius 2 is 1.71 bits per heavy atom. The van der Waals surface area contributed by atoms with Gasteiger partial charge in [-0.15, -0.1) is 0 Å². The summed E-state index contributed by atoms with van der Waals surface area (Å²) in [4.78, 5) is 39.3. The van der Waals surface area contributed by atoms with Gasteiger partial charge in [-0.05, 0) is 49.8 Å². The molecule has 3 fully saturated rings. The van der Waals surface area contributed by atoms with E-state index in [1.807, 2.05) is 0 Å². The minimum absolute atomic E-state index is 0.0158. The zero-order valence-electron chi connectivity index (χ0n) is 19.2. The first kappa shape index (κ1) is 26.2. The van der Waals surface area contributed by atoms with Crippen molar-refractivity contribution in [1.82, 2.24) is 14.5 Å². The molecule has 12 heteroatoms. The molecule has 0 radical (unpaired) electrons. The molecule has 1 aliphatic heterocycles. The molecule has 2 unspecified atom stereocenters. The van der Waals surface area contributed by atoms with Crippen LogP contribution in [0, 0.1) is 11.8 Å². The quantitative estimate of drug-likeness (QED) is 0.517. The van der Waals surface area contributed by atoms with Gasteiger partial charge >= 0.3 is 5.97 Å². The predicted molar refractivity (Wildman–Crippen MR) is 129 cm³/mol. The molecule has 0 aromatic heterocycles. The SMILES string of the molecule is O=C(O)CC(NC(=O)C1N(C(=O)C2CC2)CCN1S(=O)(=O)c1ccc(Cl)c(Cl)c1)C1CCCCC1. The van der Waals surface area contributed by atoms with E-state index in [2.05, 4.69) is 5.32 Å². The first-order valence-corrected chi connectivity index (χ1v) is 14.1. The van der Waals surface area contributed by atoms with Gasteiger partial charge in [0.15, 0.2) is 6.17 Å². The van der Waals surface area contributed by atoms with Crippen molar-refractivity contribution < 1.29 is 27.9 Å². The molecule has 1 heterocycles. The number of carbonyl (C=O) groups is 3. The smallest absolute Gasteiger partial charge is 0.305 e. The highest BCUT2D eigenvalue weighted by atomic mass is 35.5. The van der Waals surface area contributed by atoms with Crippen LogP contribution in [0.2, 0.25) is 10.0 Å². The highest BCUT2D eigenvalue weighted by Gasteiger charge is 2.49. The molecular formula is C23H29Cl2N3O6S. The van der Waals surface area contributed by atoms with Crippen molar-refractivity contribution in [3.63, 3.8) is 0 Å². The lowest BCUT2D eigenvalue weighted by Gasteiger charge is -2.34. The van der Waals surface area contributed by atoms with Gasteiger partial charge in [-0.3, -0.25) is 14.4 Å². The van der Waals surface area contributed by atoms with Gasteiger partial charge in [-0.25, -0.2) is 8.42 Å². The largest absolute Gasteiger partial charge is 0.481 e. The molecule has 2 aliphatic carbocycles. The van der Waals surface area contributed by atoms with E-state index in [0.717, 1.165) is 36.4 Å². The van der Waals surface area contributed by atoms with Crippen molar-refractivity contribution >= 4 is 51.0 Å². The number of nitrogens with zero attached hydrogens (tertiary/aromatic N) is 2. The van der Waals surface area contributed by atoms with Crippen LogP contribution in [0.25, 0.3) is 0 Å². The molecule has 2 amide bonds. The molecule has 1 aromatic carbocycles. The molecule has 0 spiro atoms. The van der Waals surface area contributed by atoms with Crippen LogP contribution in [-0.4, -0.2) is 65.8 Å². The van der Waals surface area contributed by atoms with Crippen molar-refractivity contribution in [2.45, 2.75) is 68.5 Å². The average molecular weight is 546 g/mol. The van der Waals surface area contributed by atoms with Crippen LogP contribution >= 0.6 is 23.2 Å². The predicted octanol–water partition coefficient (Wildman–Crippen LogP) is 3.10. The summed E-state index contributed by atoms with van der Waals surface area (Å²) in [6.07, 6.45) is 4.28. The zero-order chi connectivity index (χ0) is 25.3. The van der Waals surface area contributed by atoms with E-state index in [1.54, 1.807) is 0 Å². The minimum atomic E-state index is -4.21. The van der Waals surface area contributed by atoms with Crippen molar-refractivity contribution in [3.8, 4) is 0 Å². The fourth-order valence-corrected chi connectivity index (χ4v) is 6.95. The second-order valence-corrected chi connectivity index (χ2v) is 12.2. The normalized spacial score (nSPS) is 22.7. The van der Waals surface area contributed by atoms with Gasteiger partial charge in [-0.2, -0.15) is 4.31 Å². The van der Waals surface area contributed by atoms with Crippen molar-refractivity contribution in [1.29, 1.82) is 0 Å². The van der Waals surface area contributed by atoms with Crippen LogP contribution in [0.3, 0.4) is 0 Å². The number of nitrogens with one attached hydrogen (secondary N) is 1. The number of carbonyl (C=O) groups excluding carboxylic acids is 2. The van der Waals surface area contributed by atoms with Crippen LogP contribution in [0.15, 0.2) is 23.1 Å². The lowest BCUT2D eigenvalue weighted by atomic mass is 9.82. The molecule has 1 saturated heterocycles. The first-order valence-electron chi connectivity index (χ1n) is 11.9. The van der Waals surface area contributed by atoms with Crippen LogP contribution in [0.4, 0.5) is 0 Å². The number of amides is 2. The third kappa shape index (κ3) is 5.76. The lowest BCUT2D eigenvalue weighted by Crippen LogP contribution is -2.57. The lowest BCUT2D eigenvalue weighted by molar-refractivity contribution is -0.143. The summed E-state index contributed by atoms with van der Waals surface area (Å²) in [6, 6.07) is 3.24. The third-order valence-electron chi connectivity index (χ3n) is 7.01. The maximum atomic E-state index is 13.6. The molecule has 2 saturated carbocycles. The van der Waals surface area contributed by atoms with Gasteiger partial charge < -0.3 is 15.3 Å². The fourth-order valence-electron chi connectivity index (χ4n) is 5.02. The van der Waals surface area contributed by atoms with Crippen molar-refractivity contribution in [3.05, 3.63) is 28.2 Å². The van der Waals surface area contributed by atoms with Gasteiger partial charge in [0.25, 0.3) is 5.91 Å². The van der Waals surface area contributed by atoms with Gasteiger partial charge in [0.1, 0.15) is 0 Å². The van der Waals surface area contributed by atoms with E-state index < -0.39 is 34.1 Å². The Bertz CT molecular complexity index is 1100. The molecule has 2 atom stereocenters.